The summed E-state index contributed by atoms with van der Waals surface area (Å²) in [6.07, 6.45) is 1.45. The molecule has 108 valence electrons. The number of piperidine rings is 1. The Morgan fingerprint density at radius 1 is 1.45 bits per heavy atom. The summed E-state index contributed by atoms with van der Waals surface area (Å²) in [4.78, 5) is 24.5. The topological polar surface area (TPSA) is 72.7 Å². The summed E-state index contributed by atoms with van der Waals surface area (Å²) in [5, 5.41) is 10.7. The van der Waals surface area contributed by atoms with E-state index in [1.54, 1.807) is 0 Å². The van der Waals surface area contributed by atoms with Crippen LogP contribution < -0.4 is 0 Å². The first-order valence-corrected chi connectivity index (χ1v) is 7.10. The normalized spacial score (nSPS) is 16.9. The Labute approximate surface area is 125 Å². The Hall–Kier alpha value is -1.47. The van der Waals surface area contributed by atoms with Crippen molar-refractivity contribution in [3.8, 4) is 0 Å². The van der Waals surface area contributed by atoms with Crippen LogP contribution in [0.5, 0.6) is 0 Å². The van der Waals surface area contributed by atoms with Gasteiger partial charge in [-0.25, -0.2) is 4.79 Å². The van der Waals surface area contributed by atoms with Crippen molar-refractivity contribution in [2.24, 2.45) is 0 Å². The van der Waals surface area contributed by atoms with Gasteiger partial charge in [0.1, 0.15) is 6.10 Å². The molecule has 1 fully saturated rings. The fourth-order valence-corrected chi connectivity index (χ4v) is 2.51. The number of nitro groups is 1. The fourth-order valence-electron chi connectivity index (χ4n) is 2.10. The molecule has 0 bridgehead atoms. The summed E-state index contributed by atoms with van der Waals surface area (Å²) in [6.45, 7) is 1.77. The number of nitro benzene ring substituents is 1. The number of nitrogens with zero attached hydrogens (tertiary/aromatic N) is 2. The first-order chi connectivity index (χ1) is 9.47. The molecule has 0 spiro atoms. The van der Waals surface area contributed by atoms with Gasteiger partial charge in [-0.05, 0) is 41.9 Å². The second kappa shape index (κ2) is 6.32. The number of likely N-dealkylation sites (tertiary alicyclic amines) is 1. The molecule has 0 radical (unpaired) electrons. The van der Waals surface area contributed by atoms with Gasteiger partial charge in [-0.15, -0.1) is 0 Å². The first-order valence-electron chi connectivity index (χ1n) is 6.31. The summed E-state index contributed by atoms with van der Waals surface area (Å²) in [7, 11) is 2.02. The van der Waals surface area contributed by atoms with Gasteiger partial charge in [-0.1, -0.05) is 0 Å². The molecule has 0 atom stereocenters. The summed E-state index contributed by atoms with van der Waals surface area (Å²) in [5.74, 6) is -0.518. The number of ether oxygens (including phenoxy) is 1. The van der Waals surface area contributed by atoms with Crippen molar-refractivity contribution in [3.63, 3.8) is 0 Å². The van der Waals surface area contributed by atoms with Gasteiger partial charge in [0.15, 0.2) is 0 Å². The lowest BCUT2D eigenvalue weighted by molar-refractivity contribution is -0.384. The highest BCUT2D eigenvalue weighted by Gasteiger charge is 2.23. The molecule has 1 aliphatic rings. The minimum Gasteiger partial charge on any atom is -0.459 e. The summed E-state index contributed by atoms with van der Waals surface area (Å²) in [5.41, 5.74) is 0.0710. The molecule has 1 aliphatic heterocycles. The van der Waals surface area contributed by atoms with Crippen molar-refractivity contribution in [3.05, 3.63) is 38.3 Å². The highest BCUT2D eigenvalue weighted by molar-refractivity contribution is 9.10. The van der Waals surface area contributed by atoms with Gasteiger partial charge in [0.25, 0.3) is 5.69 Å². The van der Waals surface area contributed by atoms with Crippen molar-refractivity contribution in [1.82, 2.24) is 4.90 Å². The quantitative estimate of drug-likeness (QED) is 0.479. The van der Waals surface area contributed by atoms with E-state index < -0.39 is 10.9 Å². The van der Waals surface area contributed by atoms with Crippen LogP contribution in [0, 0.1) is 10.1 Å². The van der Waals surface area contributed by atoms with E-state index in [1.165, 1.54) is 18.2 Å². The van der Waals surface area contributed by atoms with E-state index in [4.69, 9.17) is 4.74 Å². The Morgan fingerprint density at radius 2 is 2.10 bits per heavy atom. The predicted molar refractivity (Wildman–Crippen MR) is 76.7 cm³/mol. The van der Waals surface area contributed by atoms with Gasteiger partial charge in [0.05, 0.1) is 10.5 Å². The van der Waals surface area contributed by atoms with E-state index in [0.717, 1.165) is 25.9 Å². The van der Waals surface area contributed by atoms with Crippen LogP contribution in [-0.2, 0) is 4.74 Å². The van der Waals surface area contributed by atoms with E-state index >= 15 is 0 Å². The Bertz CT molecular complexity index is 527. The molecular formula is C13H15BrN2O4. The number of esters is 1. The molecule has 7 heteroatoms. The molecule has 6 nitrogen and oxygen atoms in total. The Kier molecular flexibility index (Phi) is 4.72. The number of hydrogen-bond donors (Lipinski definition) is 0. The zero-order chi connectivity index (χ0) is 14.7. The highest BCUT2D eigenvalue weighted by atomic mass is 79.9. The van der Waals surface area contributed by atoms with Crippen LogP contribution in [0.15, 0.2) is 22.7 Å². The van der Waals surface area contributed by atoms with Gasteiger partial charge in [-0.3, -0.25) is 10.1 Å². The summed E-state index contributed by atoms with van der Waals surface area (Å²) >= 11 is 3.22. The molecule has 1 saturated heterocycles. The van der Waals surface area contributed by atoms with E-state index in [2.05, 4.69) is 20.8 Å². The summed E-state index contributed by atoms with van der Waals surface area (Å²) in [6, 6.07) is 4.07. The van der Waals surface area contributed by atoms with Crippen LogP contribution in [0.25, 0.3) is 0 Å². The lowest BCUT2D eigenvalue weighted by Crippen LogP contribution is -2.35. The van der Waals surface area contributed by atoms with Gasteiger partial charge < -0.3 is 9.64 Å². The first kappa shape index (κ1) is 14.9. The monoisotopic (exact) mass is 342 g/mol. The number of carbonyl (C=O) groups is 1. The smallest absolute Gasteiger partial charge is 0.339 e. The lowest BCUT2D eigenvalue weighted by atomic mass is 10.1. The molecule has 0 aliphatic carbocycles. The SMILES string of the molecule is CN1CCC(OC(=O)c2cc([N+](=O)[O-])ccc2Br)CC1. The van der Waals surface area contributed by atoms with Crippen LogP contribution in [0.4, 0.5) is 5.69 Å². The lowest BCUT2D eigenvalue weighted by Gasteiger charge is -2.28. The van der Waals surface area contributed by atoms with Crippen molar-refractivity contribution in [2.75, 3.05) is 20.1 Å². The maximum Gasteiger partial charge on any atom is 0.339 e. The van der Waals surface area contributed by atoms with Crippen LogP contribution in [-0.4, -0.2) is 42.0 Å². The largest absolute Gasteiger partial charge is 0.459 e. The van der Waals surface area contributed by atoms with E-state index in [1.807, 2.05) is 7.05 Å². The fraction of sp³-hybridized carbons (Fsp3) is 0.462. The molecule has 0 amide bonds. The van der Waals surface area contributed by atoms with Crippen LogP contribution in [0.2, 0.25) is 0 Å². The number of benzene rings is 1. The molecular weight excluding hydrogens is 328 g/mol. The maximum atomic E-state index is 12.1. The van der Waals surface area contributed by atoms with Crippen LogP contribution >= 0.6 is 15.9 Å². The van der Waals surface area contributed by atoms with Crippen molar-refractivity contribution in [1.29, 1.82) is 0 Å². The molecule has 1 aromatic rings. The Balaban J connectivity index is 2.08. The summed E-state index contributed by atoms with van der Waals surface area (Å²) < 4.78 is 5.92. The number of hydrogen-bond acceptors (Lipinski definition) is 5. The van der Waals surface area contributed by atoms with E-state index in [0.29, 0.717) is 4.47 Å². The third kappa shape index (κ3) is 3.55. The molecule has 0 unspecified atom stereocenters. The second-order valence-electron chi connectivity index (χ2n) is 4.83. The van der Waals surface area contributed by atoms with Crippen molar-refractivity contribution >= 4 is 27.6 Å². The molecule has 1 heterocycles. The van der Waals surface area contributed by atoms with Gasteiger partial charge in [0, 0.05) is 29.7 Å². The third-order valence-corrected chi connectivity index (χ3v) is 4.01. The molecule has 20 heavy (non-hydrogen) atoms. The molecule has 0 saturated carbocycles. The molecule has 0 N–H and O–H groups in total. The number of non-ortho nitro benzene ring substituents is 1. The van der Waals surface area contributed by atoms with Crippen LogP contribution in [0.3, 0.4) is 0 Å². The highest BCUT2D eigenvalue weighted by Crippen LogP contribution is 2.24. The average Bonchev–Trinajstić information content (AvgIpc) is 2.41. The zero-order valence-electron chi connectivity index (χ0n) is 11.0. The number of rotatable bonds is 3. The van der Waals surface area contributed by atoms with Gasteiger partial charge >= 0.3 is 5.97 Å². The standard InChI is InChI=1S/C13H15BrN2O4/c1-15-6-4-10(5-7-15)20-13(17)11-8-9(16(18)19)2-3-12(11)14/h2-3,8,10H,4-7H2,1H3. The van der Waals surface area contributed by atoms with E-state index in [-0.39, 0.29) is 17.4 Å². The second-order valence-corrected chi connectivity index (χ2v) is 5.68. The minimum atomic E-state index is -0.529. The van der Waals surface area contributed by atoms with Crippen molar-refractivity contribution in [2.45, 2.75) is 18.9 Å². The molecule has 0 aromatic heterocycles. The zero-order valence-corrected chi connectivity index (χ0v) is 12.6. The molecule has 2 rings (SSSR count). The van der Waals surface area contributed by atoms with Crippen LogP contribution in [0.1, 0.15) is 23.2 Å². The predicted octanol–water partition coefficient (Wildman–Crippen LogP) is 2.61. The minimum absolute atomic E-state index is 0.120. The average molecular weight is 343 g/mol. The van der Waals surface area contributed by atoms with Gasteiger partial charge in [0.2, 0.25) is 0 Å². The van der Waals surface area contributed by atoms with E-state index in [9.17, 15) is 14.9 Å². The Morgan fingerprint density at radius 3 is 2.70 bits per heavy atom. The van der Waals surface area contributed by atoms with Crippen molar-refractivity contribution < 1.29 is 14.5 Å². The van der Waals surface area contributed by atoms with Gasteiger partial charge in [-0.2, -0.15) is 0 Å². The number of halogens is 1. The third-order valence-electron chi connectivity index (χ3n) is 3.32. The molecule has 1 aromatic carbocycles. The maximum absolute atomic E-state index is 12.1. The number of carbonyl (C=O) groups excluding carboxylic acids is 1.